The van der Waals surface area contributed by atoms with E-state index in [1.54, 1.807) is 29.2 Å². The molecule has 0 fully saturated rings. The Morgan fingerprint density at radius 3 is 2.43 bits per heavy atom. The van der Waals surface area contributed by atoms with Crippen molar-refractivity contribution in [3.8, 4) is 22.0 Å². The lowest BCUT2D eigenvalue weighted by Crippen LogP contribution is -2.16. The molecule has 0 radical (unpaired) electrons. The topological polar surface area (TPSA) is 72.7 Å². The first-order chi connectivity index (χ1) is 14.5. The van der Waals surface area contributed by atoms with Gasteiger partial charge in [-0.05, 0) is 30.3 Å². The van der Waals surface area contributed by atoms with Gasteiger partial charge in [-0.1, -0.05) is 19.9 Å². The van der Waals surface area contributed by atoms with Crippen LogP contribution < -0.4 is 5.32 Å². The molecule has 1 N–H and O–H groups in total. The molecule has 0 aliphatic carbocycles. The third kappa shape index (κ3) is 4.41. The van der Waals surface area contributed by atoms with E-state index in [1.165, 1.54) is 17.4 Å². The molecule has 0 unspecified atom stereocenters. The summed E-state index contributed by atoms with van der Waals surface area (Å²) in [7, 11) is 1.81. The van der Waals surface area contributed by atoms with Gasteiger partial charge >= 0.3 is 0 Å². The molecule has 0 bridgehead atoms. The number of nitrogens with zero attached hydrogens (tertiary/aromatic N) is 4. The molecular weight excluding hydrogens is 408 g/mol. The molecular formula is C21H19F2N5OS. The number of rotatable bonds is 4. The summed E-state index contributed by atoms with van der Waals surface area (Å²) in [6.07, 6.45) is 3.27. The predicted octanol–water partition coefficient (Wildman–Crippen LogP) is 5.16. The van der Waals surface area contributed by atoms with Gasteiger partial charge in [0.25, 0.3) is 5.91 Å². The van der Waals surface area contributed by atoms with Crippen molar-refractivity contribution >= 4 is 23.1 Å². The number of anilines is 1. The Kier molecular flexibility index (Phi) is 6.63. The van der Waals surface area contributed by atoms with Crippen LogP contribution in [-0.2, 0) is 7.05 Å². The summed E-state index contributed by atoms with van der Waals surface area (Å²) in [6.45, 7) is 4.00. The van der Waals surface area contributed by atoms with Crippen LogP contribution in [0.5, 0.6) is 0 Å². The zero-order valence-electron chi connectivity index (χ0n) is 16.6. The second kappa shape index (κ2) is 9.36. The van der Waals surface area contributed by atoms with Crippen molar-refractivity contribution in [2.24, 2.45) is 7.05 Å². The minimum atomic E-state index is -0.932. The summed E-state index contributed by atoms with van der Waals surface area (Å²) in [5, 5.41) is 9.53. The molecule has 0 saturated heterocycles. The van der Waals surface area contributed by atoms with Gasteiger partial charge in [-0.3, -0.25) is 9.48 Å². The zero-order valence-corrected chi connectivity index (χ0v) is 17.4. The van der Waals surface area contributed by atoms with Crippen LogP contribution in [0.25, 0.3) is 22.0 Å². The van der Waals surface area contributed by atoms with Crippen LogP contribution in [-0.4, -0.2) is 25.7 Å². The third-order valence-corrected chi connectivity index (χ3v) is 4.82. The minimum absolute atomic E-state index is 0.179. The van der Waals surface area contributed by atoms with E-state index in [0.717, 1.165) is 34.1 Å². The van der Waals surface area contributed by atoms with Gasteiger partial charge < -0.3 is 5.32 Å². The lowest BCUT2D eigenvalue weighted by molar-refractivity contribution is 0.101. The fourth-order valence-electron chi connectivity index (χ4n) is 2.70. The molecule has 1 aromatic carbocycles. The SMILES string of the molecule is CC.Cn1nc(-c2nccs2)cc1-c1ccc(NC(=O)c2c(F)cccc2F)nc1. The Morgan fingerprint density at radius 1 is 1.10 bits per heavy atom. The molecule has 0 spiro atoms. The summed E-state index contributed by atoms with van der Waals surface area (Å²) < 4.78 is 29.1. The lowest BCUT2D eigenvalue weighted by Gasteiger charge is -2.07. The number of aromatic nitrogens is 4. The first-order valence-electron chi connectivity index (χ1n) is 9.18. The molecule has 6 nitrogen and oxygen atoms in total. The van der Waals surface area contributed by atoms with E-state index >= 15 is 0 Å². The van der Waals surface area contributed by atoms with E-state index in [0.29, 0.717) is 0 Å². The first-order valence-corrected chi connectivity index (χ1v) is 10.1. The van der Waals surface area contributed by atoms with Gasteiger partial charge in [0.1, 0.15) is 33.7 Å². The number of benzene rings is 1. The molecule has 4 aromatic rings. The molecule has 3 heterocycles. The van der Waals surface area contributed by atoms with Gasteiger partial charge in [-0.25, -0.2) is 18.7 Å². The number of pyridine rings is 1. The summed E-state index contributed by atoms with van der Waals surface area (Å²) >= 11 is 1.49. The van der Waals surface area contributed by atoms with E-state index in [-0.39, 0.29) is 5.82 Å². The number of hydrogen-bond donors (Lipinski definition) is 1. The van der Waals surface area contributed by atoms with Crippen molar-refractivity contribution in [1.82, 2.24) is 19.7 Å². The number of nitrogens with one attached hydrogen (secondary N) is 1. The molecule has 0 saturated carbocycles. The fourth-order valence-corrected chi connectivity index (χ4v) is 3.30. The molecule has 0 atom stereocenters. The molecule has 1 amide bonds. The first kappa shape index (κ1) is 21.3. The second-order valence-electron chi connectivity index (χ2n) is 5.86. The highest BCUT2D eigenvalue weighted by atomic mass is 32.1. The smallest absolute Gasteiger partial charge is 0.262 e. The Labute approximate surface area is 176 Å². The van der Waals surface area contributed by atoms with Crippen LogP contribution in [0.1, 0.15) is 24.2 Å². The Morgan fingerprint density at radius 2 is 1.83 bits per heavy atom. The van der Waals surface area contributed by atoms with Crippen molar-refractivity contribution < 1.29 is 13.6 Å². The fraction of sp³-hybridized carbons (Fsp3) is 0.143. The monoisotopic (exact) mass is 427 g/mol. The van der Waals surface area contributed by atoms with Crippen LogP contribution in [0.2, 0.25) is 0 Å². The predicted molar refractivity (Wildman–Crippen MR) is 113 cm³/mol. The maximum atomic E-state index is 13.7. The highest BCUT2D eigenvalue weighted by Gasteiger charge is 2.18. The van der Waals surface area contributed by atoms with Gasteiger partial charge in [0.05, 0.1) is 5.69 Å². The number of carbonyl (C=O) groups is 1. The van der Waals surface area contributed by atoms with E-state index in [4.69, 9.17) is 0 Å². The zero-order chi connectivity index (χ0) is 21.7. The summed E-state index contributed by atoms with van der Waals surface area (Å²) in [4.78, 5) is 20.6. The molecule has 0 aliphatic heterocycles. The Balaban J connectivity index is 0.00000124. The average Bonchev–Trinajstić information content (AvgIpc) is 3.40. The van der Waals surface area contributed by atoms with Crippen LogP contribution in [0.4, 0.5) is 14.6 Å². The maximum Gasteiger partial charge on any atom is 0.262 e. The van der Waals surface area contributed by atoms with E-state index in [1.807, 2.05) is 32.3 Å². The van der Waals surface area contributed by atoms with Gasteiger partial charge in [-0.15, -0.1) is 11.3 Å². The minimum Gasteiger partial charge on any atom is -0.306 e. The number of carbonyl (C=O) groups excluding carboxylic acids is 1. The highest BCUT2D eigenvalue weighted by Crippen LogP contribution is 2.27. The normalized spacial score (nSPS) is 10.3. The van der Waals surface area contributed by atoms with Crippen molar-refractivity contribution in [2.45, 2.75) is 13.8 Å². The number of amides is 1. The van der Waals surface area contributed by atoms with Crippen LogP contribution >= 0.6 is 11.3 Å². The number of hydrogen-bond acceptors (Lipinski definition) is 5. The average molecular weight is 427 g/mol. The van der Waals surface area contributed by atoms with Gasteiger partial charge in [0, 0.05) is 30.4 Å². The van der Waals surface area contributed by atoms with Crippen LogP contribution in [0.15, 0.2) is 54.2 Å². The van der Waals surface area contributed by atoms with Gasteiger partial charge in [0.2, 0.25) is 0 Å². The lowest BCUT2D eigenvalue weighted by atomic mass is 10.1. The summed E-state index contributed by atoms with van der Waals surface area (Å²) in [6, 6.07) is 8.43. The summed E-state index contributed by atoms with van der Waals surface area (Å²) in [5.74, 6) is -2.58. The highest BCUT2D eigenvalue weighted by molar-refractivity contribution is 7.13. The van der Waals surface area contributed by atoms with Crippen molar-refractivity contribution in [2.75, 3.05) is 5.32 Å². The van der Waals surface area contributed by atoms with Crippen molar-refractivity contribution in [1.29, 1.82) is 0 Å². The van der Waals surface area contributed by atoms with Crippen LogP contribution in [0.3, 0.4) is 0 Å². The third-order valence-electron chi connectivity index (χ3n) is 4.02. The molecule has 4 rings (SSSR count). The number of aryl methyl sites for hydroxylation is 1. The largest absolute Gasteiger partial charge is 0.306 e. The molecule has 9 heteroatoms. The van der Waals surface area contributed by atoms with Crippen molar-refractivity contribution in [3.05, 3.63) is 71.4 Å². The Hall–Kier alpha value is -3.46. The van der Waals surface area contributed by atoms with Gasteiger partial charge in [-0.2, -0.15) is 5.10 Å². The Bertz CT molecular complexity index is 1120. The van der Waals surface area contributed by atoms with Crippen molar-refractivity contribution in [3.63, 3.8) is 0 Å². The quantitative estimate of drug-likeness (QED) is 0.488. The molecule has 30 heavy (non-hydrogen) atoms. The summed E-state index contributed by atoms with van der Waals surface area (Å²) in [5.41, 5.74) is 1.69. The number of thiazole rings is 1. The molecule has 0 aliphatic rings. The molecule has 3 aromatic heterocycles. The van der Waals surface area contributed by atoms with Crippen LogP contribution in [0, 0.1) is 11.6 Å². The maximum absolute atomic E-state index is 13.7. The van der Waals surface area contributed by atoms with Gasteiger partial charge in [0.15, 0.2) is 0 Å². The van der Waals surface area contributed by atoms with E-state index < -0.39 is 23.1 Å². The standard InChI is InChI=1S/C19H13F2N5OS.C2H6/c1-26-15(9-14(25-26)19-22-7-8-28-19)11-5-6-16(23-10-11)24-18(27)17-12(20)3-2-4-13(17)21;1-2/h2-10H,1H3,(H,23,24,27);1-2H3. The second-order valence-corrected chi connectivity index (χ2v) is 6.75. The van der Waals surface area contributed by atoms with E-state index in [9.17, 15) is 13.6 Å². The molecule has 154 valence electrons. The van der Waals surface area contributed by atoms with E-state index in [2.05, 4.69) is 20.4 Å². The number of halogens is 2.